The van der Waals surface area contributed by atoms with Gasteiger partial charge in [0.25, 0.3) is 0 Å². The first kappa shape index (κ1) is 27.1. The second-order valence-corrected chi connectivity index (χ2v) is 10.8. The molecule has 1 heterocycles. The van der Waals surface area contributed by atoms with Gasteiger partial charge in [-0.3, -0.25) is 9.98 Å². The molecule has 2 fully saturated rings. The number of fused-ring (bicyclic) bond motifs is 5. The minimum atomic E-state index is 0.273. The number of allylic oxidation sites excluding steroid dienone is 4. The van der Waals surface area contributed by atoms with Crippen LogP contribution in [0.4, 0.5) is 0 Å². The van der Waals surface area contributed by atoms with Crippen molar-refractivity contribution < 1.29 is 10.3 Å². The Balaban J connectivity index is 0.000000438. The lowest BCUT2D eigenvalue weighted by Gasteiger charge is -2.59. The Morgan fingerprint density at radius 2 is 1.94 bits per heavy atom. The molecule has 2 N–H and O–H groups in total. The maximum Gasteiger partial charge on any atom is 0.0795 e. The zero-order valence-corrected chi connectivity index (χ0v) is 22.1. The van der Waals surface area contributed by atoms with Crippen LogP contribution in [0.25, 0.3) is 5.57 Å². The molecule has 2 saturated carbocycles. The highest BCUT2D eigenvalue weighted by atomic mass is 16.4. The first-order chi connectivity index (χ1) is 16.9. The maximum atomic E-state index is 9.31. The zero-order valence-electron chi connectivity index (χ0n) is 22.1. The summed E-state index contributed by atoms with van der Waals surface area (Å²) in [7, 11) is 1.00. The molecule has 35 heavy (non-hydrogen) atoms. The number of aromatic nitrogens is 1. The Morgan fingerprint density at radius 1 is 1.17 bits per heavy atom. The number of aliphatic imine (C=N–C) groups is 1. The predicted molar refractivity (Wildman–Crippen MR) is 146 cm³/mol. The summed E-state index contributed by atoms with van der Waals surface area (Å²) in [5.41, 5.74) is 5.85. The van der Waals surface area contributed by atoms with Crippen LogP contribution in [0, 0.1) is 34.5 Å². The van der Waals surface area contributed by atoms with Crippen LogP contribution >= 0.6 is 0 Å². The molecule has 0 amide bonds. The SMILES string of the molecule is C=CN=CC.CC1CC2C3CC=C(c4cccnc4)C3(C)CCC2C2(C)CC/C(=N\O)C=C12.CO. The Hall–Kier alpha value is -2.53. The quantitative estimate of drug-likeness (QED) is 0.275. The van der Waals surface area contributed by atoms with Gasteiger partial charge in [-0.25, -0.2) is 0 Å². The molecule has 6 atom stereocenters. The van der Waals surface area contributed by atoms with Gasteiger partial charge in [-0.05, 0) is 103 Å². The second kappa shape index (κ2) is 11.5. The fraction of sp³-hybridized carbons (Fsp3) is 0.567. The van der Waals surface area contributed by atoms with Crippen molar-refractivity contribution in [1.29, 1.82) is 0 Å². The number of hydrogen-bond acceptors (Lipinski definition) is 5. The average Bonchev–Trinajstić information content (AvgIpc) is 3.24. The Bertz CT molecular complexity index is 996. The summed E-state index contributed by atoms with van der Waals surface area (Å²) in [4.78, 5) is 8.00. The Morgan fingerprint density at radius 3 is 2.54 bits per heavy atom. The van der Waals surface area contributed by atoms with Crippen molar-refractivity contribution in [2.75, 3.05) is 7.11 Å². The van der Waals surface area contributed by atoms with Gasteiger partial charge in [0.1, 0.15) is 0 Å². The van der Waals surface area contributed by atoms with Gasteiger partial charge >= 0.3 is 0 Å². The third-order valence-corrected chi connectivity index (χ3v) is 9.23. The molecule has 4 aliphatic carbocycles. The van der Waals surface area contributed by atoms with Gasteiger partial charge < -0.3 is 10.3 Å². The fourth-order valence-corrected chi connectivity index (χ4v) is 7.72. The molecule has 1 aromatic heterocycles. The average molecular weight is 478 g/mol. The van der Waals surface area contributed by atoms with Crippen LogP contribution < -0.4 is 0 Å². The van der Waals surface area contributed by atoms with E-state index < -0.39 is 0 Å². The summed E-state index contributed by atoms with van der Waals surface area (Å²) in [6, 6.07) is 4.31. The van der Waals surface area contributed by atoms with Crippen molar-refractivity contribution in [3.63, 3.8) is 0 Å². The summed E-state index contributed by atoms with van der Waals surface area (Å²) in [6.45, 7) is 12.6. The fourth-order valence-electron chi connectivity index (χ4n) is 7.72. The highest BCUT2D eigenvalue weighted by Gasteiger charge is 2.58. The first-order valence-corrected chi connectivity index (χ1v) is 13.0. The van der Waals surface area contributed by atoms with Gasteiger partial charge in [-0.2, -0.15) is 0 Å². The van der Waals surface area contributed by atoms with E-state index in [0.717, 1.165) is 43.4 Å². The third kappa shape index (κ3) is 4.93. The Kier molecular flexibility index (Phi) is 8.87. The van der Waals surface area contributed by atoms with Crippen LogP contribution in [0.1, 0.15) is 71.8 Å². The highest BCUT2D eigenvalue weighted by molar-refractivity contribution is 5.96. The zero-order chi connectivity index (χ0) is 25.6. The minimum absolute atomic E-state index is 0.273. The van der Waals surface area contributed by atoms with Crippen molar-refractivity contribution in [3.05, 3.63) is 60.6 Å². The van der Waals surface area contributed by atoms with Crippen LogP contribution in [-0.2, 0) is 0 Å². The van der Waals surface area contributed by atoms with E-state index >= 15 is 0 Å². The third-order valence-electron chi connectivity index (χ3n) is 9.23. The van der Waals surface area contributed by atoms with E-state index in [-0.39, 0.29) is 10.8 Å². The van der Waals surface area contributed by atoms with Crippen LogP contribution in [0.2, 0.25) is 0 Å². The van der Waals surface area contributed by atoms with Gasteiger partial charge in [0.2, 0.25) is 0 Å². The van der Waals surface area contributed by atoms with Crippen molar-refractivity contribution >= 4 is 17.5 Å². The van der Waals surface area contributed by atoms with Crippen molar-refractivity contribution in [2.45, 2.75) is 66.2 Å². The number of pyridine rings is 1. The largest absolute Gasteiger partial charge is 0.411 e. The normalized spacial score (nSPS) is 36.3. The van der Waals surface area contributed by atoms with Crippen molar-refractivity contribution in [1.82, 2.24) is 4.98 Å². The van der Waals surface area contributed by atoms with Crippen molar-refractivity contribution in [2.24, 2.45) is 44.6 Å². The Labute approximate surface area is 211 Å². The van der Waals surface area contributed by atoms with Gasteiger partial charge in [-0.1, -0.05) is 50.2 Å². The van der Waals surface area contributed by atoms with Crippen LogP contribution in [0.15, 0.2) is 65.2 Å². The molecule has 0 spiro atoms. The summed E-state index contributed by atoms with van der Waals surface area (Å²) < 4.78 is 0. The molecule has 5 nitrogen and oxygen atoms in total. The molecule has 1 aromatic rings. The van der Waals surface area contributed by atoms with Gasteiger partial charge in [-0.15, -0.1) is 0 Å². The molecule has 0 bridgehead atoms. The van der Waals surface area contributed by atoms with E-state index in [4.69, 9.17) is 5.11 Å². The molecular weight excluding hydrogens is 434 g/mol. The van der Waals surface area contributed by atoms with Crippen LogP contribution in [0.5, 0.6) is 0 Å². The highest BCUT2D eigenvalue weighted by Crippen LogP contribution is 2.67. The number of oxime groups is 1. The standard InChI is InChI=1S/C25H32N2O.C4H7N.CH4O/c1-16-13-19-21-7-6-20(17-5-4-12-26-15-17)24(21,2)11-9-22(19)25(3)10-8-18(27-28)14-23(16)25;1-3-5-4-2;1-2/h4-6,12,14-16,19,21-22,28H,7-11,13H2,1-3H3;3-4H,1H2,2H3;2H,1H3/b27-18+;;. The lowest BCUT2D eigenvalue weighted by atomic mass is 9.45. The lowest BCUT2D eigenvalue weighted by Crippen LogP contribution is -2.51. The summed E-state index contributed by atoms with van der Waals surface area (Å²) >= 11 is 0. The first-order valence-electron chi connectivity index (χ1n) is 13.0. The lowest BCUT2D eigenvalue weighted by molar-refractivity contribution is -0.0319. The maximum absolute atomic E-state index is 9.31. The predicted octanol–water partition coefficient (Wildman–Crippen LogP) is 6.94. The molecule has 6 unspecified atom stereocenters. The van der Waals surface area contributed by atoms with Gasteiger partial charge in [0, 0.05) is 31.9 Å². The number of nitrogens with zero attached hydrogens (tertiary/aromatic N) is 3. The topological polar surface area (TPSA) is 78.1 Å². The molecule has 190 valence electrons. The summed E-state index contributed by atoms with van der Waals surface area (Å²) in [5.74, 6) is 2.87. The van der Waals surface area contributed by atoms with E-state index in [9.17, 15) is 5.21 Å². The summed E-state index contributed by atoms with van der Waals surface area (Å²) in [5, 5.41) is 19.9. The monoisotopic (exact) mass is 477 g/mol. The molecular formula is C30H43N3O2. The van der Waals surface area contributed by atoms with E-state index in [1.54, 1.807) is 17.4 Å². The van der Waals surface area contributed by atoms with E-state index in [2.05, 4.69) is 66.8 Å². The molecule has 4 aliphatic rings. The summed E-state index contributed by atoms with van der Waals surface area (Å²) in [6.07, 6.45) is 19.0. The van der Waals surface area contributed by atoms with Gasteiger partial charge in [0.15, 0.2) is 0 Å². The molecule has 0 radical (unpaired) electrons. The van der Waals surface area contributed by atoms with E-state index in [1.807, 2.05) is 19.3 Å². The number of hydrogen-bond donors (Lipinski definition) is 2. The van der Waals surface area contributed by atoms with E-state index in [0.29, 0.717) is 5.92 Å². The minimum Gasteiger partial charge on any atom is -0.411 e. The number of aliphatic hydroxyl groups is 1. The number of aliphatic hydroxyl groups excluding tert-OH is 1. The van der Waals surface area contributed by atoms with Crippen molar-refractivity contribution in [3.8, 4) is 0 Å². The van der Waals surface area contributed by atoms with Gasteiger partial charge in [0.05, 0.1) is 5.71 Å². The number of rotatable bonds is 2. The second-order valence-electron chi connectivity index (χ2n) is 10.8. The van der Waals surface area contributed by atoms with E-state index in [1.165, 1.54) is 37.4 Å². The molecule has 0 aliphatic heterocycles. The molecule has 0 saturated heterocycles. The molecule has 5 rings (SSSR count). The molecule has 0 aromatic carbocycles. The smallest absolute Gasteiger partial charge is 0.0795 e. The molecule has 5 heteroatoms. The van der Waals surface area contributed by atoms with Crippen LogP contribution in [0.3, 0.4) is 0 Å². The van der Waals surface area contributed by atoms with Crippen LogP contribution in [-0.4, -0.2) is 34.3 Å².